The summed E-state index contributed by atoms with van der Waals surface area (Å²) in [5, 5.41) is 1.20. The van der Waals surface area contributed by atoms with Crippen LogP contribution >= 0.6 is 12.4 Å². The molecule has 0 saturated carbocycles. The topological polar surface area (TPSA) is 60.1 Å². The second-order valence-corrected chi connectivity index (χ2v) is 8.50. The minimum atomic E-state index is -0.0738. The van der Waals surface area contributed by atoms with Gasteiger partial charge in [0.2, 0.25) is 5.91 Å². The van der Waals surface area contributed by atoms with Gasteiger partial charge in [0.15, 0.2) is 0 Å². The minimum Gasteiger partial charge on any atom is -0.347 e. The number of hydrogen-bond acceptors (Lipinski definition) is 3. The first-order valence-electron chi connectivity index (χ1n) is 10.9. The number of carbonyl (C=O) groups excluding carboxylic acids is 1. The fourth-order valence-corrected chi connectivity index (χ4v) is 4.73. The third-order valence-corrected chi connectivity index (χ3v) is 6.56. The van der Waals surface area contributed by atoms with Crippen molar-refractivity contribution in [3.05, 3.63) is 82.2 Å². The van der Waals surface area contributed by atoms with Crippen LogP contribution in [-0.4, -0.2) is 38.0 Å². The van der Waals surface area contributed by atoms with Crippen molar-refractivity contribution in [1.29, 1.82) is 0 Å². The molecular formula is C26H27ClN4O2. The molecule has 0 aliphatic carbocycles. The summed E-state index contributed by atoms with van der Waals surface area (Å²) >= 11 is 0. The molecule has 5 rings (SSSR count). The number of rotatable bonds is 2. The number of halogens is 1. The first-order valence-corrected chi connectivity index (χ1v) is 10.9. The Morgan fingerprint density at radius 3 is 2.48 bits per heavy atom. The quantitative estimate of drug-likeness (QED) is 0.451. The Kier molecular flexibility index (Phi) is 6.13. The predicted molar refractivity (Wildman–Crippen MR) is 133 cm³/mol. The highest BCUT2D eigenvalue weighted by atomic mass is 35.5. The first-order chi connectivity index (χ1) is 15.4. The molecule has 170 valence electrons. The molecule has 1 amide bonds. The molecule has 0 saturated heterocycles. The predicted octanol–water partition coefficient (Wildman–Crippen LogP) is 4.07. The van der Waals surface area contributed by atoms with E-state index >= 15 is 0 Å². The third kappa shape index (κ3) is 4.07. The molecule has 0 bridgehead atoms. The van der Waals surface area contributed by atoms with Gasteiger partial charge >= 0.3 is 0 Å². The lowest BCUT2D eigenvalue weighted by Gasteiger charge is -2.18. The SMILES string of the molecule is CC(=O)N1CCc2c(n(C)c3cc(-n4ccc(-c5ccc(C)nc5)cc4=O)ccc23)CC1.Cl. The molecule has 4 heterocycles. The molecule has 1 aliphatic rings. The second-order valence-electron chi connectivity index (χ2n) is 8.50. The first kappa shape index (κ1) is 22.8. The normalized spacial score (nSPS) is 13.4. The number of carbonyl (C=O) groups is 1. The van der Waals surface area contributed by atoms with Crippen LogP contribution in [0.1, 0.15) is 23.9 Å². The summed E-state index contributed by atoms with van der Waals surface area (Å²) < 4.78 is 3.90. The van der Waals surface area contributed by atoms with Crippen molar-refractivity contribution in [2.75, 3.05) is 13.1 Å². The van der Waals surface area contributed by atoms with Gasteiger partial charge in [-0.15, -0.1) is 12.4 Å². The number of aromatic nitrogens is 3. The van der Waals surface area contributed by atoms with Crippen LogP contribution < -0.4 is 5.56 Å². The van der Waals surface area contributed by atoms with Gasteiger partial charge < -0.3 is 9.47 Å². The second kappa shape index (κ2) is 8.87. The molecule has 0 N–H and O–H groups in total. The monoisotopic (exact) mass is 462 g/mol. The Morgan fingerprint density at radius 2 is 1.79 bits per heavy atom. The van der Waals surface area contributed by atoms with Gasteiger partial charge in [0.1, 0.15) is 0 Å². The Hall–Kier alpha value is -3.38. The molecule has 0 radical (unpaired) electrons. The summed E-state index contributed by atoms with van der Waals surface area (Å²) in [4.78, 5) is 31.0. The van der Waals surface area contributed by atoms with E-state index in [2.05, 4.69) is 28.7 Å². The zero-order valence-electron chi connectivity index (χ0n) is 19.0. The number of hydrogen-bond donors (Lipinski definition) is 0. The van der Waals surface area contributed by atoms with Crippen LogP contribution in [0.5, 0.6) is 0 Å². The van der Waals surface area contributed by atoms with Gasteiger partial charge in [0.25, 0.3) is 5.56 Å². The van der Waals surface area contributed by atoms with Gasteiger partial charge in [-0.1, -0.05) is 12.1 Å². The smallest absolute Gasteiger partial charge is 0.255 e. The van der Waals surface area contributed by atoms with Crippen molar-refractivity contribution in [3.63, 3.8) is 0 Å². The average Bonchev–Trinajstić information content (AvgIpc) is 2.92. The molecule has 4 aromatic rings. The van der Waals surface area contributed by atoms with Gasteiger partial charge in [0.05, 0.1) is 11.2 Å². The number of fused-ring (bicyclic) bond motifs is 3. The van der Waals surface area contributed by atoms with E-state index in [-0.39, 0.29) is 23.9 Å². The molecule has 0 unspecified atom stereocenters. The highest BCUT2D eigenvalue weighted by Gasteiger charge is 2.22. The van der Waals surface area contributed by atoms with Crippen molar-refractivity contribution < 1.29 is 4.79 Å². The standard InChI is InChI=1S/C26H26N4O2.ClH/c1-17-4-5-20(16-27-17)19-8-13-30(26(32)14-19)21-6-7-22-23-9-11-29(18(2)31)12-10-24(23)28(3)25(22)15-21;/h4-8,13-16H,9-12H2,1-3H3;1H. The number of amides is 1. The van der Waals surface area contributed by atoms with E-state index in [1.54, 1.807) is 23.8 Å². The Morgan fingerprint density at radius 1 is 1.00 bits per heavy atom. The molecule has 6 nitrogen and oxygen atoms in total. The summed E-state index contributed by atoms with van der Waals surface area (Å²) in [5.74, 6) is 0.133. The van der Waals surface area contributed by atoms with Gasteiger partial charge in [-0.3, -0.25) is 19.1 Å². The van der Waals surface area contributed by atoms with Gasteiger partial charge in [-0.2, -0.15) is 0 Å². The highest BCUT2D eigenvalue weighted by molar-refractivity contribution is 5.87. The molecule has 1 aliphatic heterocycles. The van der Waals surface area contributed by atoms with Crippen LogP contribution in [0.4, 0.5) is 0 Å². The summed E-state index contributed by atoms with van der Waals surface area (Å²) in [5.41, 5.74) is 7.21. The maximum Gasteiger partial charge on any atom is 0.255 e. The lowest BCUT2D eigenvalue weighted by atomic mass is 10.1. The summed E-state index contributed by atoms with van der Waals surface area (Å²) in [6.07, 6.45) is 5.32. The fraction of sp³-hybridized carbons (Fsp3) is 0.269. The Labute approximate surface area is 198 Å². The van der Waals surface area contributed by atoms with Crippen LogP contribution in [0.2, 0.25) is 0 Å². The lowest BCUT2D eigenvalue weighted by Crippen LogP contribution is -2.31. The molecular weight excluding hydrogens is 436 g/mol. The van der Waals surface area contributed by atoms with Crippen LogP contribution in [0, 0.1) is 6.92 Å². The van der Waals surface area contributed by atoms with Crippen LogP contribution in [0.15, 0.2) is 59.7 Å². The van der Waals surface area contributed by atoms with E-state index < -0.39 is 0 Å². The summed E-state index contributed by atoms with van der Waals surface area (Å²) in [6, 6.07) is 13.7. The van der Waals surface area contributed by atoms with E-state index in [9.17, 15) is 9.59 Å². The third-order valence-electron chi connectivity index (χ3n) is 6.56. The van der Waals surface area contributed by atoms with Crippen LogP contribution in [-0.2, 0) is 24.7 Å². The Bertz CT molecular complexity index is 1400. The fourth-order valence-electron chi connectivity index (χ4n) is 4.73. The molecule has 0 fully saturated rings. The van der Waals surface area contributed by atoms with Crippen molar-refractivity contribution in [2.24, 2.45) is 7.05 Å². The molecule has 1 aromatic carbocycles. The zero-order valence-corrected chi connectivity index (χ0v) is 19.9. The summed E-state index contributed by atoms with van der Waals surface area (Å²) in [6.45, 7) is 5.07. The molecule has 33 heavy (non-hydrogen) atoms. The molecule has 0 atom stereocenters. The Balaban J connectivity index is 0.00000259. The van der Waals surface area contributed by atoms with E-state index in [1.165, 1.54) is 16.6 Å². The zero-order chi connectivity index (χ0) is 22.4. The summed E-state index contributed by atoms with van der Waals surface area (Å²) in [7, 11) is 2.07. The molecule has 0 spiro atoms. The highest BCUT2D eigenvalue weighted by Crippen LogP contribution is 2.30. The molecule has 3 aromatic heterocycles. The van der Waals surface area contributed by atoms with Crippen LogP contribution in [0.3, 0.4) is 0 Å². The van der Waals surface area contributed by atoms with Crippen molar-refractivity contribution in [1.82, 2.24) is 19.0 Å². The molecule has 7 heteroatoms. The van der Waals surface area contributed by atoms with Gasteiger partial charge in [-0.05, 0) is 48.7 Å². The van der Waals surface area contributed by atoms with Crippen molar-refractivity contribution in [3.8, 4) is 16.8 Å². The van der Waals surface area contributed by atoms with Gasteiger partial charge in [-0.25, -0.2) is 0 Å². The lowest BCUT2D eigenvalue weighted by molar-refractivity contribution is -0.128. The van der Waals surface area contributed by atoms with E-state index in [1.807, 2.05) is 42.3 Å². The maximum absolute atomic E-state index is 12.9. The van der Waals surface area contributed by atoms with Crippen molar-refractivity contribution in [2.45, 2.75) is 26.7 Å². The minimum absolute atomic E-state index is 0. The van der Waals surface area contributed by atoms with Crippen LogP contribution in [0.25, 0.3) is 27.7 Å². The van der Waals surface area contributed by atoms with E-state index in [4.69, 9.17) is 0 Å². The van der Waals surface area contributed by atoms with E-state index in [0.717, 1.165) is 54.0 Å². The van der Waals surface area contributed by atoms with E-state index in [0.29, 0.717) is 0 Å². The number of pyridine rings is 2. The average molecular weight is 463 g/mol. The number of aryl methyl sites for hydroxylation is 2. The maximum atomic E-state index is 12.9. The number of benzene rings is 1. The number of nitrogens with zero attached hydrogens (tertiary/aromatic N) is 4. The largest absolute Gasteiger partial charge is 0.347 e. The van der Waals surface area contributed by atoms with Gasteiger partial charge in [0, 0.05) is 74.3 Å². The van der Waals surface area contributed by atoms with Crippen molar-refractivity contribution >= 4 is 29.2 Å².